The van der Waals surface area contributed by atoms with E-state index in [-0.39, 0.29) is 12.0 Å². The summed E-state index contributed by atoms with van der Waals surface area (Å²) in [5.41, 5.74) is 6.10. The molecule has 0 bridgehead atoms. The van der Waals surface area contributed by atoms with Gasteiger partial charge in [-0.15, -0.1) is 0 Å². The number of hydrogen-bond acceptors (Lipinski definition) is 2. The molecule has 0 spiro atoms. The van der Waals surface area contributed by atoms with Gasteiger partial charge in [0.25, 0.3) is 0 Å². The summed E-state index contributed by atoms with van der Waals surface area (Å²) < 4.78 is 0. The summed E-state index contributed by atoms with van der Waals surface area (Å²) in [6.45, 7) is 3.10. The maximum atomic E-state index is 12.5. The van der Waals surface area contributed by atoms with Crippen molar-refractivity contribution in [1.29, 1.82) is 0 Å². The molecule has 1 amide bonds. The lowest BCUT2D eigenvalue weighted by molar-refractivity contribution is -0.137. The molecule has 2 rings (SSSR count). The van der Waals surface area contributed by atoms with Crippen molar-refractivity contribution in [3.63, 3.8) is 0 Å². The number of carbonyl (C=O) groups is 1. The van der Waals surface area contributed by atoms with Gasteiger partial charge in [-0.1, -0.05) is 26.2 Å². The lowest BCUT2D eigenvalue weighted by Crippen LogP contribution is -2.45. The van der Waals surface area contributed by atoms with Crippen LogP contribution in [0.25, 0.3) is 0 Å². The number of carbonyl (C=O) groups excluding carboxylic acids is 1. The van der Waals surface area contributed by atoms with Gasteiger partial charge >= 0.3 is 0 Å². The van der Waals surface area contributed by atoms with E-state index in [1.165, 1.54) is 25.7 Å². The van der Waals surface area contributed by atoms with Gasteiger partial charge in [0.1, 0.15) is 0 Å². The fraction of sp³-hybridized carbons (Fsp3) is 0.933. The summed E-state index contributed by atoms with van der Waals surface area (Å²) in [4.78, 5) is 14.5. The van der Waals surface area contributed by atoms with E-state index in [1.807, 2.05) is 11.9 Å². The Bertz CT molecular complexity index is 286. The maximum Gasteiger partial charge on any atom is 0.225 e. The van der Waals surface area contributed by atoms with E-state index in [0.29, 0.717) is 11.8 Å². The molecule has 104 valence electrons. The summed E-state index contributed by atoms with van der Waals surface area (Å²) in [5.74, 6) is 1.59. The zero-order valence-corrected chi connectivity index (χ0v) is 11.9. The Hall–Kier alpha value is -0.570. The van der Waals surface area contributed by atoms with Gasteiger partial charge in [0.15, 0.2) is 0 Å². The van der Waals surface area contributed by atoms with Crippen LogP contribution in [-0.4, -0.2) is 30.4 Å². The maximum absolute atomic E-state index is 12.5. The van der Waals surface area contributed by atoms with Crippen molar-refractivity contribution in [3.8, 4) is 0 Å². The number of amides is 1. The van der Waals surface area contributed by atoms with Crippen LogP contribution in [0.1, 0.15) is 51.9 Å². The third-order valence-electron chi connectivity index (χ3n) is 5.06. The lowest BCUT2D eigenvalue weighted by Gasteiger charge is -2.35. The highest BCUT2D eigenvalue weighted by molar-refractivity contribution is 5.79. The van der Waals surface area contributed by atoms with Crippen molar-refractivity contribution in [3.05, 3.63) is 0 Å². The van der Waals surface area contributed by atoms with Crippen LogP contribution in [0, 0.1) is 17.8 Å². The van der Waals surface area contributed by atoms with Crippen LogP contribution in [0.3, 0.4) is 0 Å². The molecule has 2 fully saturated rings. The number of nitrogens with zero attached hydrogens (tertiary/aromatic N) is 1. The minimum Gasteiger partial charge on any atom is -0.345 e. The zero-order valence-electron chi connectivity index (χ0n) is 11.9. The Morgan fingerprint density at radius 1 is 1.17 bits per heavy atom. The molecule has 3 unspecified atom stereocenters. The standard InChI is InChI=1S/C15H28N2O/c1-11-13(8-5-9-14(11)16)15(18)17(2)10-12-6-3-4-7-12/h11-14H,3-10,16H2,1-2H3. The summed E-state index contributed by atoms with van der Waals surface area (Å²) in [5, 5.41) is 0. The van der Waals surface area contributed by atoms with Gasteiger partial charge in [-0.2, -0.15) is 0 Å². The summed E-state index contributed by atoms with van der Waals surface area (Å²) in [6, 6.07) is 0.215. The average molecular weight is 252 g/mol. The Balaban J connectivity index is 1.88. The van der Waals surface area contributed by atoms with Crippen molar-refractivity contribution in [2.75, 3.05) is 13.6 Å². The first-order chi connectivity index (χ1) is 8.59. The number of rotatable bonds is 3. The molecule has 3 atom stereocenters. The second kappa shape index (κ2) is 6.05. The van der Waals surface area contributed by atoms with E-state index in [9.17, 15) is 4.79 Å². The van der Waals surface area contributed by atoms with Crippen LogP contribution >= 0.6 is 0 Å². The summed E-state index contributed by atoms with van der Waals surface area (Å²) >= 11 is 0. The van der Waals surface area contributed by atoms with E-state index in [0.717, 1.165) is 31.7 Å². The fourth-order valence-electron chi connectivity index (χ4n) is 3.70. The van der Waals surface area contributed by atoms with E-state index >= 15 is 0 Å². The predicted molar refractivity (Wildman–Crippen MR) is 74.1 cm³/mol. The highest BCUT2D eigenvalue weighted by atomic mass is 16.2. The molecule has 0 aromatic rings. The van der Waals surface area contributed by atoms with Gasteiger partial charge in [0, 0.05) is 25.6 Å². The Morgan fingerprint density at radius 2 is 1.83 bits per heavy atom. The van der Waals surface area contributed by atoms with Crippen molar-refractivity contribution in [2.45, 2.75) is 57.9 Å². The largest absolute Gasteiger partial charge is 0.345 e. The number of nitrogens with two attached hydrogens (primary N) is 1. The molecular formula is C15H28N2O. The Kier molecular flexibility index (Phi) is 4.66. The van der Waals surface area contributed by atoms with Crippen molar-refractivity contribution >= 4 is 5.91 Å². The molecular weight excluding hydrogens is 224 g/mol. The minimum atomic E-state index is 0.167. The van der Waals surface area contributed by atoms with E-state index in [4.69, 9.17) is 5.73 Å². The molecule has 0 aromatic heterocycles. The summed E-state index contributed by atoms with van der Waals surface area (Å²) in [7, 11) is 1.98. The lowest BCUT2D eigenvalue weighted by atomic mass is 9.76. The van der Waals surface area contributed by atoms with Crippen molar-refractivity contribution in [1.82, 2.24) is 4.90 Å². The molecule has 2 aliphatic rings. The fourth-order valence-corrected chi connectivity index (χ4v) is 3.70. The minimum absolute atomic E-state index is 0.167. The van der Waals surface area contributed by atoms with Crippen molar-refractivity contribution in [2.24, 2.45) is 23.5 Å². The monoisotopic (exact) mass is 252 g/mol. The summed E-state index contributed by atoms with van der Waals surface area (Å²) in [6.07, 6.45) is 8.52. The first-order valence-corrected chi connectivity index (χ1v) is 7.60. The second-order valence-corrected chi connectivity index (χ2v) is 6.43. The van der Waals surface area contributed by atoms with Gasteiger partial charge < -0.3 is 10.6 Å². The van der Waals surface area contributed by atoms with Gasteiger partial charge in [0.05, 0.1) is 0 Å². The Labute approximate surface area is 111 Å². The van der Waals surface area contributed by atoms with Gasteiger partial charge in [0.2, 0.25) is 5.91 Å². The SMILES string of the molecule is CC1C(N)CCCC1C(=O)N(C)CC1CCCC1. The third kappa shape index (κ3) is 3.05. The molecule has 0 aliphatic heterocycles. The molecule has 0 aromatic carbocycles. The molecule has 18 heavy (non-hydrogen) atoms. The van der Waals surface area contributed by atoms with Gasteiger partial charge in [-0.05, 0) is 37.5 Å². The molecule has 2 N–H and O–H groups in total. The van der Waals surface area contributed by atoms with Crippen molar-refractivity contribution < 1.29 is 4.79 Å². The highest BCUT2D eigenvalue weighted by Crippen LogP contribution is 2.31. The third-order valence-corrected chi connectivity index (χ3v) is 5.06. The van der Waals surface area contributed by atoms with Crippen LogP contribution in [0.5, 0.6) is 0 Å². The van der Waals surface area contributed by atoms with E-state index in [2.05, 4.69) is 6.92 Å². The molecule has 3 nitrogen and oxygen atoms in total. The van der Waals surface area contributed by atoms with Crippen LogP contribution in [-0.2, 0) is 4.79 Å². The second-order valence-electron chi connectivity index (χ2n) is 6.43. The van der Waals surface area contributed by atoms with Gasteiger partial charge in [-0.3, -0.25) is 4.79 Å². The molecule has 2 aliphatic carbocycles. The topological polar surface area (TPSA) is 46.3 Å². The van der Waals surface area contributed by atoms with Gasteiger partial charge in [-0.25, -0.2) is 0 Å². The molecule has 2 saturated carbocycles. The highest BCUT2D eigenvalue weighted by Gasteiger charge is 2.34. The molecule has 0 radical (unpaired) electrons. The average Bonchev–Trinajstić information content (AvgIpc) is 2.84. The zero-order chi connectivity index (χ0) is 13.1. The quantitative estimate of drug-likeness (QED) is 0.838. The first kappa shape index (κ1) is 13.9. The van der Waals surface area contributed by atoms with E-state index < -0.39 is 0 Å². The van der Waals surface area contributed by atoms with Crippen LogP contribution < -0.4 is 5.73 Å². The molecule has 0 saturated heterocycles. The predicted octanol–water partition coefficient (Wildman–Crippen LogP) is 2.40. The number of hydrogen-bond donors (Lipinski definition) is 1. The Morgan fingerprint density at radius 3 is 2.50 bits per heavy atom. The van der Waals surface area contributed by atoms with Crippen LogP contribution in [0.4, 0.5) is 0 Å². The smallest absolute Gasteiger partial charge is 0.225 e. The normalized spacial score (nSPS) is 33.6. The first-order valence-electron chi connectivity index (χ1n) is 7.60. The molecule has 0 heterocycles. The van der Waals surface area contributed by atoms with Crippen LogP contribution in [0.2, 0.25) is 0 Å². The molecule has 3 heteroatoms. The van der Waals surface area contributed by atoms with E-state index in [1.54, 1.807) is 0 Å². The van der Waals surface area contributed by atoms with Crippen LogP contribution in [0.15, 0.2) is 0 Å².